The lowest BCUT2D eigenvalue weighted by atomic mass is 10.1. The number of hydrogen-bond acceptors (Lipinski definition) is 5. The van der Waals surface area contributed by atoms with E-state index in [0.29, 0.717) is 16.9 Å². The number of halogens is 1. The van der Waals surface area contributed by atoms with Gasteiger partial charge >= 0.3 is 0 Å². The Labute approximate surface area is 176 Å². The van der Waals surface area contributed by atoms with E-state index >= 15 is 0 Å². The van der Waals surface area contributed by atoms with Crippen molar-refractivity contribution in [3.05, 3.63) is 41.7 Å². The van der Waals surface area contributed by atoms with Gasteiger partial charge in [-0.25, -0.2) is 4.68 Å². The topological polar surface area (TPSA) is 101 Å². The van der Waals surface area contributed by atoms with Crippen molar-refractivity contribution in [2.75, 3.05) is 18.4 Å². The lowest BCUT2D eigenvalue weighted by Gasteiger charge is -2.22. The van der Waals surface area contributed by atoms with E-state index in [9.17, 15) is 9.59 Å². The van der Waals surface area contributed by atoms with Gasteiger partial charge in [-0.05, 0) is 63.0 Å². The summed E-state index contributed by atoms with van der Waals surface area (Å²) in [6.45, 7) is 1.90. The predicted molar refractivity (Wildman–Crippen MR) is 113 cm³/mol. The summed E-state index contributed by atoms with van der Waals surface area (Å²) in [5.41, 5.74) is 1.52. The summed E-state index contributed by atoms with van der Waals surface area (Å²) in [4.78, 5) is 24.7. The molecule has 0 spiro atoms. The molecule has 1 saturated carbocycles. The van der Waals surface area contributed by atoms with Gasteiger partial charge in [0, 0.05) is 17.3 Å². The molecule has 2 heterocycles. The number of hydrogen-bond donors (Lipinski definition) is 3. The first-order valence-corrected chi connectivity index (χ1v) is 10.0. The van der Waals surface area contributed by atoms with Gasteiger partial charge in [-0.15, -0.1) is 17.5 Å². The number of amides is 2. The molecule has 1 aromatic carbocycles. The highest BCUT2D eigenvalue weighted by Crippen LogP contribution is 2.19. The SMILES string of the molecule is Cl.O=C(NC1CCCC1)c1ccc(NC(=O)c2cn(C3CCNCC3)nn2)cc1. The summed E-state index contributed by atoms with van der Waals surface area (Å²) in [6, 6.07) is 7.50. The highest BCUT2D eigenvalue weighted by atomic mass is 35.5. The van der Waals surface area contributed by atoms with Crippen LogP contribution in [0.15, 0.2) is 30.5 Å². The minimum atomic E-state index is -0.302. The summed E-state index contributed by atoms with van der Waals surface area (Å²) in [7, 11) is 0. The quantitative estimate of drug-likeness (QED) is 0.692. The molecule has 1 saturated heterocycles. The van der Waals surface area contributed by atoms with E-state index in [2.05, 4.69) is 26.3 Å². The van der Waals surface area contributed by atoms with Crippen molar-refractivity contribution in [3.63, 3.8) is 0 Å². The Morgan fingerprint density at radius 1 is 1.00 bits per heavy atom. The lowest BCUT2D eigenvalue weighted by molar-refractivity contribution is 0.0937. The smallest absolute Gasteiger partial charge is 0.277 e. The Hall–Kier alpha value is -2.45. The summed E-state index contributed by atoms with van der Waals surface area (Å²) >= 11 is 0. The monoisotopic (exact) mass is 418 g/mol. The summed E-state index contributed by atoms with van der Waals surface area (Å²) in [5, 5.41) is 17.3. The molecule has 2 fully saturated rings. The molecule has 2 aliphatic rings. The van der Waals surface area contributed by atoms with Crippen LogP contribution >= 0.6 is 12.4 Å². The van der Waals surface area contributed by atoms with Crippen molar-refractivity contribution in [3.8, 4) is 0 Å². The number of aromatic nitrogens is 3. The third-order valence-corrected chi connectivity index (χ3v) is 5.52. The van der Waals surface area contributed by atoms with Gasteiger partial charge in [-0.3, -0.25) is 9.59 Å². The molecule has 1 aromatic heterocycles. The van der Waals surface area contributed by atoms with Gasteiger partial charge in [0.1, 0.15) is 0 Å². The van der Waals surface area contributed by atoms with Gasteiger partial charge in [0.25, 0.3) is 11.8 Å². The second-order valence-corrected chi connectivity index (χ2v) is 7.55. The fraction of sp³-hybridized carbons (Fsp3) is 0.500. The van der Waals surface area contributed by atoms with Crippen molar-refractivity contribution in [1.82, 2.24) is 25.6 Å². The minimum absolute atomic E-state index is 0. The Morgan fingerprint density at radius 2 is 1.69 bits per heavy atom. The van der Waals surface area contributed by atoms with E-state index in [1.54, 1.807) is 35.1 Å². The maximum Gasteiger partial charge on any atom is 0.277 e. The Balaban J connectivity index is 0.00000240. The molecule has 2 amide bonds. The molecule has 8 nitrogen and oxygen atoms in total. The molecule has 4 rings (SSSR count). The second-order valence-electron chi connectivity index (χ2n) is 7.55. The zero-order valence-electron chi connectivity index (χ0n) is 16.3. The van der Waals surface area contributed by atoms with Gasteiger partial charge in [0.2, 0.25) is 0 Å². The molecule has 0 unspecified atom stereocenters. The predicted octanol–water partition coefficient (Wildman–Crippen LogP) is 2.55. The molecule has 1 aliphatic heterocycles. The Bertz CT molecular complexity index is 826. The van der Waals surface area contributed by atoms with E-state index < -0.39 is 0 Å². The van der Waals surface area contributed by atoms with Gasteiger partial charge in [-0.2, -0.15) is 0 Å². The minimum Gasteiger partial charge on any atom is -0.349 e. The average molecular weight is 419 g/mol. The number of rotatable bonds is 5. The molecule has 0 atom stereocenters. The molecular formula is C20H27ClN6O2. The Kier molecular flexibility index (Phi) is 7.22. The standard InChI is InChI=1S/C20H26N6O2.ClH/c27-19(22-15-3-1-2-4-15)14-5-7-16(8-6-14)23-20(28)18-13-26(25-24-18)17-9-11-21-12-10-17;/h5-8,13,15,17,21H,1-4,9-12H2,(H,22,27)(H,23,28);1H. The summed E-state index contributed by atoms with van der Waals surface area (Å²) in [6.07, 6.45) is 8.13. The van der Waals surface area contributed by atoms with Gasteiger partial charge in [0.15, 0.2) is 5.69 Å². The first kappa shape index (κ1) is 21.3. The van der Waals surface area contributed by atoms with Crippen LogP contribution in [-0.4, -0.2) is 45.9 Å². The number of piperidine rings is 1. The second kappa shape index (κ2) is 9.84. The van der Waals surface area contributed by atoms with Gasteiger partial charge in [0.05, 0.1) is 12.2 Å². The molecule has 3 N–H and O–H groups in total. The van der Waals surface area contributed by atoms with Crippen LogP contribution in [0.3, 0.4) is 0 Å². The number of nitrogens with one attached hydrogen (secondary N) is 3. The van der Waals surface area contributed by atoms with Crippen molar-refractivity contribution in [2.24, 2.45) is 0 Å². The summed E-state index contributed by atoms with van der Waals surface area (Å²) < 4.78 is 1.78. The van der Waals surface area contributed by atoms with Crippen LogP contribution in [0.2, 0.25) is 0 Å². The van der Waals surface area contributed by atoms with Gasteiger partial charge < -0.3 is 16.0 Å². The van der Waals surface area contributed by atoms with Crippen LogP contribution in [-0.2, 0) is 0 Å². The van der Waals surface area contributed by atoms with E-state index in [0.717, 1.165) is 38.8 Å². The van der Waals surface area contributed by atoms with Crippen LogP contribution < -0.4 is 16.0 Å². The number of carbonyl (C=O) groups is 2. The zero-order chi connectivity index (χ0) is 19.3. The molecule has 29 heavy (non-hydrogen) atoms. The molecule has 156 valence electrons. The third-order valence-electron chi connectivity index (χ3n) is 5.52. The highest BCUT2D eigenvalue weighted by Gasteiger charge is 2.20. The number of carbonyl (C=O) groups excluding carboxylic acids is 2. The first-order chi connectivity index (χ1) is 13.7. The summed E-state index contributed by atoms with van der Waals surface area (Å²) in [5.74, 6) is -0.363. The normalized spacial score (nSPS) is 17.5. The number of anilines is 1. The first-order valence-electron chi connectivity index (χ1n) is 10.0. The maximum atomic E-state index is 12.4. The molecular weight excluding hydrogens is 392 g/mol. The molecule has 2 aromatic rings. The fourth-order valence-electron chi connectivity index (χ4n) is 3.87. The highest BCUT2D eigenvalue weighted by molar-refractivity contribution is 6.03. The lowest BCUT2D eigenvalue weighted by Crippen LogP contribution is -2.32. The van der Waals surface area contributed by atoms with Crippen molar-refractivity contribution in [2.45, 2.75) is 50.6 Å². The number of benzene rings is 1. The number of nitrogens with zero attached hydrogens (tertiary/aromatic N) is 3. The van der Waals surface area contributed by atoms with Crippen LogP contribution in [0.25, 0.3) is 0 Å². The molecule has 0 radical (unpaired) electrons. The third kappa shape index (κ3) is 5.33. The molecule has 1 aliphatic carbocycles. The van der Waals surface area contributed by atoms with Crippen LogP contribution in [0.5, 0.6) is 0 Å². The van der Waals surface area contributed by atoms with Crippen molar-refractivity contribution < 1.29 is 9.59 Å². The molecule has 9 heteroatoms. The van der Waals surface area contributed by atoms with Crippen LogP contribution in [0.4, 0.5) is 5.69 Å². The maximum absolute atomic E-state index is 12.4. The van der Waals surface area contributed by atoms with Crippen LogP contribution in [0, 0.1) is 0 Å². The van der Waals surface area contributed by atoms with Crippen LogP contribution in [0.1, 0.15) is 65.4 Å². The molecule has 0 bridgehead atoms. The average Bonchev–Trinajstić information content (AvgIpc) is 3.41. The van der Waals surface area contributed by atoms with Gasteiger partial charge in [-0.1, -0.05) is 18.1 Å². The van der Waals surface area contributed by atoms with E-state index in [4.69, 9.17) is 0 Å². The zero-order valence-corrected chi connectivity index (χ0v) is 17.1. The van der Waals surface area contributed by atoms with E-state index in [-0.39, 0.29) is 36.3 Å². The van der Waals surface area contributed by atoms with E-state index in [1.807, 2.05) is 0 Å². The van der Waals surface area contributed by atoms with Crippen molar-refractivity contribution >= 4 is 29.9 Å². The van der Waals surface area contributed by atoms with Crippen molar-refractivity contribution in [1.29, 1.82) is 0 Å². The fourth-order valence-corrected chi connectivity index (χ4v) is 3.87. The largest absolute Gasteiger partial charge is 0.349 e. The van der Waals surface area contributed by atoms with E-state index in [1.165, 1.54) is 12.8 Å². The Morgan fingerprint density at radius 3 is 2.38 bits per heavy atom.